The smallest absolute Gasteiger partial charge is 0.413 e. The van der Waals surface area contributed by atoms with E-state index in [2.05, 4.69) is 20.0 Å². The maximum atomic E-state index is 12.7. The van der Waals surface area contributed by atoms with Crippen LogP contribution in [-0.4, -0.2) is 74.8 Å². The van der Waals surface area contributed by atoms with Gasteiger partial charge in [-0.2, -0.15) is 0 Å². The minimum atomic E-state index is -0.843. The van der Waals surface area contributed by atoms with E-state index in [0.717, 1.165) is 11.1 Å². The molecule has 3 N–H and O–H groups in total. The topological polar surface area (TPSA) is 177 Å². The van der Waals surface area contributed by atoms with E-state index >= 15 is 0 Å². The van der Waals surface area contributed by atoms with Crippen LogP contribution in [0.2, 0.25) is 0 Å². The number of cyclic esters (lactones) is 1. The largest absolute Gasteiger partial charge is 0.493 e. The quantitative estimate of drug-likeness (QED) is 0.144. The number of thiophene rings is 1. The summed E-state index contributed by atoms with van der Waals surface area (Å²) in [7, 11) is 5.90. The van der Waals surface area contributed by atoms with E-state index < -0.39 is 18.1 Å². The van der Waals surface area contributed by atoms with Gasteiger partial charge in [-0.25, -0.2) is 9.78 Å². The first-order valence-corrected chi connectivity index (χ1v) is 16.6. The Labute approximate surface area is 295 Å². The van der Waals surface area contributed by atoms with Crippen molar-refractivity contribution >= 4 is 46.2 Å². The summed E-state index contributed by atoms with van der Waals surface area (Å²) >= 11 is 1.40. The fraction of sp³-hybridized carbons (Fsp3) is 0.278. The average molecular weight is 716 g/mol. The van der Waals surface area contributed by atoms with Crippen LogP contribution in [-0.2, 0) is 14.3 Å². The van der Waals surface area contributed by atoms with Crippen LogP contribution in [0.4, 0.5) is 10.7 Å². The van der Waals surface area contributed by atoms with Crippen molar-refractivity contribution in [2.45, 2.75) is 12.0 Å². The number of aliphatic hydroxyl groups excluding tert-OH is 1. The van der Waals surface area contributed by atoms with Gasteiger partial charge in [-0.1, -0.05) is 6.07 Å². The summed E-state index contributed by atoms with van der Waals surface area (Å²) in [6.45, 7) is 0.289. The van der Waals surface area contributed by atoms with Crippen molar-refractivity contribution < 1.29 is 52.6 Å². The Morgan fingerprint density at radius 3 is 2.31 bits per heavy atom. The maximum Gasteiger partial charge on any atom is 0.413 e. The highest BCUT2D eigenvalue weighted by molar-refractivity contribution is 7.12. The summed E-state index contributed by atoms with van der Waals surface area (Å²) in [6.07, 6.45) is -1.45. The molecule has 3 aliphatic rings. The van der Waals surface area contributed by atoms with Crippen molar-refractivity contribution in [2.24, 2.45) is 11.8 Å². The van der Waals surface area contributed by atoms with Crippen molar-refractivity contribution in [1.29, 1.82) is 0 Å². The van der Waals surface area contributed by atoms with E-state index in [1.165, 1.54) is 25.6 Å². The number of aromatic amines is 1. The number of hydrogen-bond donors (Lipinski definition) is 3. The molecule has 0 radical (unpaired) electrons. The zero-order valence-corrected chi connectivity index (χ0v) is 28.7. The Balaban J connectivity index is 0.000000170. The summed E-state index contributed by atoms with van der Waals surface area (Å²) in [5.74, 6) is 1.23. The molecule has 8 rings (SSSR count). The van der Waals surface area contributed by atoms with Crippen molar-refractivity contribution in [3.8, 4) is 28.7 Å². The molecule has 5 aromatic rings. The highest BCUT2D eigenvalue weighted by Crippen LogP contribution is 2.55. The van der Waals surface area contributed by atoms with Gasteiger partial charge in [0, 0.05) is 17.4 Å². The minimum absolute atomic E-state index is 0.0380. The number of ether oxygens (including phenoxy) is 7. The number of methoxy groups -OCH3 is 4. The lowest BCUT2D eigenvalue weighted by Gasteiger charge is -2.37. The van der Waals surface area contributed by atoms with Gasteiger partial charge in [0.1, 0.15) is 0 Å². The monoisotopic (exact) mass is 715 g/mol. The zero-order valence-electron chi connectivity index (χ0n) is 27.9. The lowest BCUT2D eigenvalue weighted by molar-refractivity contribution is -0.141. The van der Waals surface area contributed by atoms with Crippen molar-refractivity contribution in [3.05, 3.63) is 87.1 Å². The third-order valence-electron chi connectivity index (χ3n) is 9.09. The van der Waals surface area contributed by atoms with Crippen LogP contribution in [0.5, 0.6) is 28.7 Å². The average Bonchev–Trinajstić information content (AvgIpc) is 3.98. The van der Waals surface area contributed by atoms with Gasteiger partial charge in [-0.05, 0) is 70.6 Å². The molecule has 2 aromatic heterocycles. The lowest BCUT2D eigenvalue weighted by atomic mass is 9.66. The van der Waals surface area contributed by atoms with Gasteiger partial charge in [0.2, 0.25) is 24.3 Å². The van der Waals surface area contributed by atoms with Crippen molar-refractivity contribution in [2.75, 3.05) is 47.2 Å². The second kappa shape index (κ2) is 13.8. The number of fused-ring (bicyclic) bond motifs is 4. The van der Waals surface area contributed by atoms with Gasteiger partial charge < -0.3 is 43.2 Å². The predicted molar refractivity (Wildman–Crippen MR) is 183 cm³/mol. The molecule has 3 aromatic carbocycles. The summed E-state index contributed by atoms with van der Waals surface area (Å²) in [6, 6.07) is 16.1. The number of H-pyrrole nitrogens is 1. The third-order valence-corrected chi connectivity index (χ3v) is 9.96. The van der Waals surface area contributed by atoms with Crippen molar-refractivity contribution in [3.63, 3.8) is 0 Å². The van der Waals surface area contributed by atoms with E-state index in [4.69, 9.17) is 28.4 Å². The number of nitrogens with one attached hydrogen (secondary N) is 2. The number of amides is 1. The number of benzene rings is 3. The summed E-state index contributed by atoms with van der Waals surface area (Å²) < 4.78 is 37.4. The Kier molecular flexibility index (Phi) is 9.14. The molecule has 1 aliphatic carbocycles. The van der Waals surface area contributed by atoms with Crippen LogP contribution in [0, 0.1) is 11.8 Å². The molecule has 4 atom stereocenters. The van der Waals surface area contributed by atoms with Crippen LogP contribution in [0.25, 0.3) is 11.0 Å². The molecule has 0 unspecified atom stereocenters. The van der Waals surface area contributed by atoms with E-state index in [0.29, 0.717) is 55.8 Å². The maximum absolute atomic E-state index is 12.7. The van der Waals surface area contributed by atoms with Gasteiger partial charge in [0.05, 0.1) is 63.0 Å². The number of aliphatic hydroxyl groups is 1. The first kappa shape index (κ1) is 33.7. The second-order valence-corrected chi connectivity index (χ2v) is 12.7. The molecule has 1 saturated heterocycles. The molecule has 51 heavy (non-hydrogen) atoms. The first-order valence-electron chi connectivity index (χ1n) is 15.8. The van der Waals surface area contributed by atoms with Gasteiger partial charge in [-0.15, -0.1) is 11.3 Å². The molecule has 0 spiro atoms. The normalized spacial score (nSPS) is 19.6. The molecule has 1 amide bonds. The highest BCUT2D eigenvalue weighted by atomic mass is 32.1. The fourth-order valence-electron chi connectivity index (χ4n) is 6.72. The Bertz CT molecular complexity index is 2110. The minimum Gasteiger partial charge on any atom is -0.493 e. The van der Waals surface area contributed by atoms with E-state index in [1.807, 2.05) is 29.6 Å². The second-order valence-electron chi connectivity index (χ2n) is 11.8. The number of anilines is 1. The SMILES string of the molecule is COC(=O)Nc1nc2ccc(C(=O)c3cccs3)cc2[nH]1.COc1cc([C@@H]2c3cc4c(cc3[C@H](O)[C@H]3COC(=O)[C@H]23)OCO4)cc(OC)c1OC. The van der Waals surface area contributed by atoms with Crippen LogP contribution in [0.1, 0.15) is 43.9 Å². The van der Waals surface area contributed by atoms with E-state index in [-0.39, 0.29) is 42.9 Å². The lowest BCUT2D eigenvalue weighted by Crippen LogP contribution is -2.34. The number of rotatable bonds is 7. The standard InChI is InChI=1S/C22H22O8.C14H11N3O3S/c1-25-16-4-10(5-17(26-2)21(16)27-3)18-11-6-14-15(30-9-29-14)7-12(11)20(23)13-8-28-22(24)19(13)18;1-20-14(19)17-13-15-9-5-4-8(7-10(9)16-13)12(18)11-3-2-6-21-11/h4-7,13,18-20,23H,8-9H2,1-3H3;2-7H,1H3,(H2,15,16,17,19)/t13-,18+,19-,20-;/m0./s1. The Morgan fingerprint density at radius 2 is 1.67 bits per heavy atom. The van der Waals surface area contributed by atoms with Crippen LogP contribution < -0.4 is 29.0 Å². The number of hydrogen-bond acceptors (Lipinski definition) is 13. The van der Waals surface area contributed by atoms with E-state index in [9.17, 15) is 19.5 Å². The highest BCUT2D eigenvalue weighted by Gasteiger charge is 2.52. The number of imidazole rings is 1. The summed E-state index contributed by atoms with van der Waals surface area (Å²) in [4.78, 5) is 43.9. The van der Waals surface area contributed by atoms with Crippen LogP contribution >= 0.6 is 11.3 Å². The number of ketones is 1. The third kappa shape index (κ3) is 6.14. The number of esters is 1. The molecule has 0 bridgehead atoms. The van der Waals surface area contributed by atoms with E-state index in [1.54, 1.807) is 44.6 Å². The van der Waals surface area contributed by atoms with Gasteiger partial charge in [-0.3, -0.25) is 14.9 Å². The molecule has 15 heteroatoms. The summed E-state index contributed by atoms with van der Waals surface area (Å²) in [5, 5.41) is 15.3. The van der Waals surface area contributed by atoms with Gasteiger partial charge in [0.15, 0.2) is 23.0 Å². The number of aromatic nitrogens is 2. The molecule has 264 valence electrons. The van der Waals surface area contributed by atoms with Crippen molar-refractivity contribution in [1.82, 2.24) is 9.97 Å². The number of carbonyl (C=O) groups excluding carboxylic acids is 3. The fourth-order valence-corrected chi connectivity index (χ4v) is 7.41. The predicted octanol–water partition coefficient (Wildman–Crippen LogP) is 5.44. The van der Waals surface area contributed by atoms with Crippen LogP contribution in [0.3, 0.4) is 0 Å². The Morgan fingerprint density at radius 1 is 0.941 bits per heavy atom. The molecule has 14 nitrogen and oxygen atoms in total. The number of nitrogens with zero attached hydrogens (tertiary/aromatic N) is 1. The molecular weight excluding hydrogens is 682 g/mol. The van der Waals surface area contributed by atoms with Gasteiger partial charge >= 0.3 is 12.1 Å². The van der Waals surface area contributed by atoms with Gasteiger partial charge in [0.25, 0.3) is 0 Å². The molecule has 0 saturated carbocycles. The molecular formula is C36H33N3O11S. The first-order chi connectivity index (χ1) is 24.7. The molecule has 2 aliphatic heterocycles. The molecule has 4 heterocycles. The molecule has 1 fully saturated rings. The number of carbonyl (C=O) groups is 3. The summed E-state index contributed by atoms with van der Waals surface area (Å²) in [5.41, 5.74) is 4.19. The van der Waals surface area contributed by atoms with Crippen LogP contribution in [0.15, 0.2) is 60.0 Å². The zero-order chi connectivity index (χ0) is 35.8. The Hall–Kier alpha value is -5.80.